The number of halogens is 3. The molecular weight excluding hydrogens is 195 g/mol. The Kier molecular flexibility index (Phi) is 3.98. The Morgan fingerprint density at radius 2 is 1.50 bits per heavy atom. The van der Waals surface area contributed by atoms with Crippen LogP contribution >= 0.6 is 0 Å². The summed E-state index contributed by atoms with van der Waals surface area (Å²) in [5.74, 6) is 0. The van der Waals surface area contributed by atoms with E-state index < -0.39 is 11.8 Å². The van der Waals surface area contributed by atoms with E-state index in [1.165, 1.54) is 0 Å². The number of aliphatic hydroxyl groups is 1. The topological polar surface area (TPSA) is 32.3 Å². The molecule has 0 aromatic heterocycles. The highest BCUT2D eigenvalue weighted by Crippen LogP contribution is 2.32. The monoisotopic (exact) mass is 213 g/mol. The molecule has 0 aliphatic rings. The summed E-state index contributed by atoms with van der Waals surface area (Å²) >= 11 is 0. The molecule has 0 fully saturated rings. The van der Waals surface area contributed by atoms with Crippen LogP contribution in [0.1, 0.15) is 34.1 Å². The van der Waals surface area contributed by atoms with E-state index in [2.05, 4.69) is 5.32 Å². The van der Waals surface area contributed by atoms with Crippen molar-refractivity contribution in [3.63, 3.8) is 0 Å². The highest BCUT2D eigenvalue weighted by molar-refractivity contribution is 4.83. The van der Waals surface area contributed by atoms with Crippen molar-refractivity contribution in [2.75, 3.05) is 6.54 Å². The zero-order valence-corrected chi connectivity index (χ0v) is 9.00. The Bertz CT molecular complexity index is 181. The molecule has 0 aromatic carbocycles. The van der Waals surface area contributed by atoms with Gasteiger partial charge in [-0.3, -0.25) is 0 Å². The summed E-state index contributed by atoms with van der Waals surface area (Å²) in [5.41, 5.74) is -2.84. The number of hydrogen-bond donors (Lipinski definition) is 2. The molecule has 0 saturated heterocycles. The predicted molar refractivity (Wildman–Crippen MR) is 49.1 cm³/mol. The van der Waals surface area contributed by atoms with Crippen LogP contribution in [0.25, 0.3) is 0 Å². The number of hydrogen-bond acceptors (Lipinski definition) is 2. The van der Waals surface area contributed by atoms with E-state index in [-0.39, 0.29) is 18.5 Å². The van der Waals surface area contributed by atoms with Crippen molar-refractivity contribution >= 4 is 0 Å². The van der Waals surface area contributed by atoms with Gasteiger partial charge >= 0.3 is 6.18 Å². The minimum absolute atomic E-state index is 0.135. The Morgan fingerprint density at radius 3 is 1.79 bits per heavy atom. The van der Waals surface area contributed by atoms with E-state index in [0.29, 0.717) is 0 Å². The second-order valence-corrected chi connectivity index (χ2v) is 4.70. The van der Waals surface area contributed by atoms with Gasteiger partial charge in [-0.15, -0.1) is 0 Å². The highest BCUT2D eigenvalue weighted by atomic mass is 19.4. The molecule has 2 N–H and O–H groups in total. The fourth-order valence-corrected chi connectivity index (χ4v) is 0.823. The van der Waals surface area contributed by atoms with Gasteiger partial charge in [0.15, 0.2) is 5.60 Å². The average Bonchev–Trinajstić information content (AvgIpc) is 1.80. The molecule has 0 aliphatic heterocycles. The molecule has 0 radical (unpaired) electrons. The molecular formula is C9H18F3NO. The summed E-state index contributed by atoms with van der Waals surface area (Å²) in [6.07, 6.45) is -4.90. The number of nitrogens with one attached hydrogen (secondary N) is 1. The van der Waals surface area contributed by atoms with Crippen molar-refractivity contribution < 1.29 is 18.3 Å². The van der Waals surface area contributed by atoms with E-state index >= 15 is 0 Å². The predicted octanol–water partition coefficient (Wildman–Crippen LogP) is 2.08. The first-order chi connectivity index (χ1) is 5.96. The lowest BCUT2D eigenvalue weighted by molar-refractivity contribution is -0.254. The molecule has 1 unspecified atom stereocenters. The van der Waals surface area contributed by atoms with Crippen LogP contribution in [0.3, 0.4) is 0 Å². The average molecular weight is 213 g/mol. The van der Waals surface area contributed by atoms with Gasteiger partial charge in [-0.2, -0.15) is 13.2 Å². The maximum atomic E-state index is 12.2. The second-order valence-electron chi connectivity index (χ2n) is 4.70. The fraction of sp³-hybridized carbons (Fsp3) is 1.00. The maximum Gasteiger partial charge on any atom is 0.416 e. The van der Waals surface area contributed by atoms with E-state index in [9.17, 15) is 13.2 Å². The Labute approximate surface area is 82.5 Å². The summed E-state index contributed by atoms with van der Waals surface area (Å²) in [5, 5.41) is 12.0. The molecule has 0 aromatic rings. The molecule has 86 valence electrons. The molecule has 1 atom stereocenters. The van der Waals surface area contributed by atoms with Crippen LogP contribution in [0.5, 0.6) is 0 Å². The lowest BCUT2D eigenvalue weighted by Crippen LogP contribution is -2.46. The molecule has 0 bridgehead atoms. The first-order valence-electron chi connectivity index (χ1n) is 4.50. The fourth-order valence-electron chi connectivity index (χ4n) is 0.823. The van der Waals surface area contributed by atoms with Gasteiger partial charge in [0.05, 0.1) is 0 Å². The van der Waals surface area contributed by atoms with Gasteiger partial charge < -0.3 is 10.4 Å². The molecule has 5 heteroatoms. The summed E-state index contributed by atoms with van der Waals surface area (Å²) in [7, 11) is 0. The minimum atomic E-state index is -4.56. The molecule has 2 nitrogen and oxygen atoms in total. The zero-order valence-electron chi connectivity index (χ0n) is 9.00. The second kappa shape index (κ2) is 4.06. The Hall–Kier alpha value is -0.290. The van der Waals surface area contributed by atoms with Crippen LogP contribution in [0, 0.1) is 0 Å². The summed E-state index contributed by atoms with van der Waals surface area (Å²) < 4.78 is 36.5. The van der Waals surface area contributed by atoms with Gasteiger partial charge in [0, 0.05) is 5.54 Å². The summed E-state index contributed by atoms with van der Waals surface area (Å²) in [6, 6.07) is 0. The van der Waals surface area contributed by atoms with Crippen molar-refractivity contribution in [2.45, 2.75) is 51.4 Å². The van der Waals surface area contributed by atoms with Crippen LogP contribution in [-0.2, 0) is 0 Å². The lowest BCUT2D eigenvalue weighted by Gasteiger charge is -2.28. The Morgan fingerprint density at radius 1 is 1.07 bits per heavy atom. The highest BCUT2D eigenvalue weighted by Gasteiger charge is 2.49. The van der Waals surface area contributed by atoms with Crippen molar-refractivity contribution in [2.24, 2.45) is 0 Å². The van der Waals surface area contributed by atoms with Crippen LogP contribution in [0.4, 0.5) is 13.2 Å². The third-order valence-corrected chi connectivity index (χ3v) is 1.88. The normalized spacial score (nSPS) is 18.0. The number of alkyl halides is 3. The van der Waals surface area contributed by atoms with Crippen LogP contribution < -0.4 is 5.32 Å². The van der Waals surface area contributed by atoms with Crippen molar-refractivity contribution in [3.8, 4) is 0 Å². The number of rotatable bonds is 3. The smallest absolute Gasteiger partial charge is 0.381 e. The first kappa shape index (κ1) is 13.7. The van der Waals surface area contributed by atoms with Crippen molar-refractivity contribution in [3.05, 3.63) is 0 Å². The van der Waals surface area contributed by atoms with Crippen LogP contribution in [-0.4, -0.2) is 29.0 Å². The molecule has 0 heterocycles. The van der Waals surface area contributed by atoms with Gasteiger partial charge in [-0.25, -0.2) is 0 Å². The van der Waals surface area contributed by atoms with Crippen molar-refractivity contribution in [1.29, 1.82) is 0 Å². The lowest BCUT2D eigenvalue weighted by atomic mass is 10.0. The van der Waals surface area contributed by atoms with E-state index in [4.69, 9.17) is 5.11 Å². The van der Waals surface area contributed by atoms with E-state index in [1.54, 1.807) is 0 Å². The van der Waals surface area contributed by atoms with Gasteiger partial charge in [-0.1, -0.05) is 0 Å². The molecule has 14 heavy (non-hydrogen) atoms. The molecule has 0 rings (SSSR count). The first-order valence-corrected chi connectivity index (χ1v) is 4.50. The standard InChI is InChI=1S/C9H18F3NO/c1-7(2,3)13-6-5-8(4,14)9(10,11)12/h13-14H,5-6H2,1-4H3. The van der Waals surface area contributed by atoms with Gasteiger partial charge in [0.25, 0.3) is 0 Å². The third-order valence-electron chi connectivity index (χ3n) is 1.88. The largest absolute Gasteiger partial charge is 0.416 e. The molecule has 0 amide bonds. The summed E-state index contributed by atoms with van der Waals surface area (Å²) in [4.78, 5) is 0. The molecule has 0 aliphatic carbocycles. The summed E-state index contributed by atoms with van der Waals surface area (Å²) in [6.45, 7) is 6.49. The minimum Gasteiger partial charge on any atom is -0.381 e. The maximum absolute atomic E-state index is 12.2. The van der Waals surface area contributed by atoms with Crippen molar-refractivity contribution in [1.82, 2.24) is 5.32 Å². The van der Waals surface area contributed by atoms with Gasteiger partial charge in [0.1, 0.15) is 0 Å². The third kappa shape index (κ3) is 4.81. The van der Waals surface area contributed by atoms with Gasteiger partial charge in [0.2, 0.25) is 0 Å². The SMILES string of the molecule is CC(C)(C)NCCC(C)(O)C(F)(F)F. The van der Waals surface area contributed by atoms with E-state index in [1.807, 2.05) is 20.8 Å². The van der Waals surface area contributed by atoms with E-state index in [0.717, 1.165) is 6.92 Å². The van der Waals surface area contributed by atoms with Crippen LogP contribution in [0.2, 0.25) is 0 Å². The zero-order chi connectivity index (χ0) is 11.6. The quantitative estimate of drug-likeness (QED) is 0.752. The van der Waals surface area contributed by atoms with Gasteiger partial charge in [-0.05, 0) is 40.7 Å². The molecule has 0 spiro atoms. The molecule has 0 saturated carbocycles. The van der Waals surface area contributed by atoms with Crippen LogP contribution in [0.15, 0.2) is 0 Å². The Balaban J connectivity index is 4.02.